The maximum Gasteiger partial charge on any atom is 0.341 e. The summed E-state index contributed by atoms with van der Waals surface area (Å²) in [6.07, 6.45) is 3.59. The van der Waals surface area contributed by atoms with E-state index in [2.05, 4.69) is 20.7 Å². The van der Waals surface area contributed by atoms with Gasteiger partial charge in [0, 0.05) is 9.35 Å². The minimum absolute atomic E-state index is 0.00318. The summed E-state index contributed by atoms with van der Waals surface area (Å²) in [5, 5.41) is 0.297. The van der Waals surface area contributed by atoms with Gasteiger partial charge in [-0.05, 0) is 49.4 Å². The Balaban J connectivity index is 2.07. The number of methoxy groups -OCH3 is 2. The number of thiophene rings is 1. The second-order valence-electron chi connectivity index (χ2n) is 5.81. The Hall–Kier alpha value is -1.58. The number of anilines is 1. The molecule has 0 atom stereocenters. The van der Waals surface area contributed by atoms with E-state index in [1.807, 2.05) is 0 Å². The molecule has 0 saturated heterocycles. The van der Waals surface area contributed by atoms with E-state index >= 15 is 0 Å². The number of benzene rings is 1. The van der Waals surface area contributed by atoms with E-state index in [0.29, 0.717) is 15.0 Å². The molecule has 1 N–H and O–H groups in total. The SMILES string of the molecule is COC(=O)c1c(NS(=O)(=O)c2cc(Br)ccc2OC)sc2c1CCCC2. The molecule has 2 aromatic rings. The van der Waals surface area contributed by atoms with Gasteiger partial charge in [-0.2, -0.15) is 0 Å². The van der Waals surface area contributed by atoms with Crippen LogP contribution in [0.1, 0.15) is 33.6 Å². The Morgan fingerprint density at radius 2 is 1.96 bits per heavy atom. The first-order valence-electron chi connectivity index (χ1n) is 7.96. The topological polar surface area (TPSA) is 81.7 Å². The van der Waals surface area contributed by atoms with Gasteiger partial charge in [-0.15, -0.1) is 11.3 Å². The van der Waals surface area contributed by atoms with Crippen LogP contribution in [0.5, 0.6) is 5.75 Å². The summed E-state index contributed by atoms with van der Waals surface area (Å²) < 4.78 is 39.1. The number of sulfonamides is 1. The summed E-state index contributed by atoms with van der Waals surface area (Å²) >= 11 is 4.58. The fourth-order valence-electron chi connectivity index (χ4n) is 2.99. The molecule has 3 rings (SSSR count). The van der Waals surface area contributed by atoms with Crippen LogP contribution < -0.4 is 9.46 Å². The smallest absolute Gasteiger partial charge is 0.341 e. The monoisotopic (exact) mass is 459 g/mol. The maximum absolute atomic E-state index is 13.0. The van der Waals surface area contributed by atoms with Gasteiger partial charge in [-0.25, -0.2) is 13.2 Å². The molecule has 26 heavy (non-hydrogen) atoms. The molecule has 9 heteroatoms. The second-order valence-corrected chi connectivity index (χ2v) is 9.48. The zero-order valence-corrected chi connectivity index (χ0v) is 17.5. The fourth-order valence-corrected chi connectivity index (χ4v) is 6.28. The highest BCUT2D eigenvalue weighted by molar-refractivity contribution is 9.10. The molecule has 0 saturated carbocycles. The third kappa shape index (κ3) is 3.60. The lowest BCUT2D eigenvalue weighted by Crippen LogP contribution is -2.16. The standard InChI is InChI=1S/C17H18BrNO5S2/c1-23-12-8-7-10(18)9-14(12)26(21,22)19-16-15(17(20)24-2)11-5-3-4-6-13(11)25-16/h7-9,19H,3-6H2,1-2H3. The Kier molecular flexibility index (Phi) is 5.59. The largest absolute Gasteiger partial charge is 0.495 e. The summed E-state index contributed by atoms with van der Waals surface area (Å²) in [7, 11) is -1.24. The fraction of sp³-hybridized carbons (Fsp3) is 0.353. The number of fused-ring (bicyclic) bond motifs is 1. The van der Waals surface area contributed by atoms with E-state index in [-0.39, 0.29) is 10.6 Å². The normalized spacial score (nSPS) is 13.8. The van der Waals surface area contributed by atoms with Crippen LogP contribution in [0, 0.1) is 0 Å². The van der Waals surface area contributed by atoms with Gasteiger partial charge in [-0.1, -0.05) is 15.9 Å². The van der Waals surface area contributed by atoms with E-state index < -0.39 is 16.0 Å². The number of hydrogen-bond donors (Lipinski definition) is 1. The van der Waals surface area contributed by atoms with Crippen molar-refractivity contribution in [1.29, 1.82) is 0 Å². The van der Waals surface area contributed by atoms with Gasteiger partial charge in [0.25, 0.3) is 10.0 Å². The Bertz CT molecular complexity index is 952. The molecule has 140 valence electrons. The highest BCUT2D eigenvalue weighted by Crippen LogP contribution is 2.40. The molecule has 1 aliphatic carbocycles. The quantitative estimate of drug-likeness (QED) is 0.683. The minimum Gasteiger partial charge on any atom is -0.495 e. The molecule has 0 unspecified atom stereocenters. The van der Waals surface area contributed by atoms with Crippen molar-refractivity contribution in [3.8, 4) is 5.75 Å². The van der Waals surface area contributed by atoms with Crippen molar-refractivity contribution in [2.45, 2.75) is 30.6 Å². The van der Waals surface area contributed by atoms with Crippen LogP contribution in [0.4, 0.5) is 5.00 Å². The predicted molar refractivity (Wildman–Crippen MR) is 104 cm³/mol. The van der Waals surface area contributed by atoms with Crippen molar-refractivity contribution in [2.75, 3.05) is 18.9 Å². The third-order valence-corrected chi connectivity index (χ3v) is 7.40. The third-order valence-electron chi connectivity index (χ3n) is 4.20. The van der Waals surface area contributed by atoms with E-state index in [1.54, 1.807) is 12.1 Å². The summed E-state index contributed by atoms with van der Waals surface area (Å²) in [5.74, 6) is -0.301. The highest BCUT2D eigenvalue weighted by Gasteiger charge is 2.29. The Morgan fingerprint density at radius 3 is 2.65 bits per heavy atom. The molecule has 0 radical (unpaired) electrons. The number of ether oxygens (including phenoxy) is 2. The number of nitrogens with one attached hydrogen (secondary N) is 1. The number of halogens is 1. The zero-order valence-electron chi connectivity index (χ0n) is 14.3. The zero-order chi connectivity index (χ0) is 18.9. The molecule has 1 aromatic carbocycles. The molecular formula is C17H18BrNO5S2. The van der Waals surface area contributed by atoms with E-state index in [0.717, 1.165) is 36.1 Å². The van der Waals surface area contributed by atoms with Crippen molar-refractivity contribution in [3.05, 3.63) is 38.7 Å². The molecule has 0 bridgehead atoms. The van der Waals surface area contributed by atoms with Gasteiger partial charge in [0.2, 0.25) is 0 Å². The highest BCUT2D eigenvalue weighted by atomic mass is 79.9. The first kappa shape index (κ1) is 19.2. The van der Waals surface area contributed by atoms with Crippen molar-refractivity contribution in [1.82, 2.24) is 0 Å². The molecule has 0 aliphatic heterocycles. The minimum atomic E-state index is -3.94. The van der Waals surface area contributed by atoms with Crippen molar-refractivity contribution >= 4 is 48.3 Å². The Labute approximate surface area is 164 Å². The van der Waals surface area contributed by atoms with Gasteiger partial charge in [-0.3, -0.25) is 4.72 Å². The lowest BCUT2D eigenvalue weighted by molar-refractivity contribution is 0.0601. The summed E-state index contributed by atoms with van der Waals surface area (Å²) in [4.78, 5) is 13.3. The number of hydrogen-bond acceptors (Lipinski definition) is 6. The van der Waals surface area contributed by atoms with Gasteiger partial charge >= 0.3 is 5.97 Å². The van der Waals surface area contributed by atoms with E-state index in [9.17, 15) is 13.2 Å². The molecule has 1 aromatic heterocycles. The summed E-state index contributed by atoms with van der Waals surface area (Å²) in [5.41, 5.74) is 1.22. The number of carbonyl (C=O) groups is 1. The van der Waals surface area contributed by atoms with Crippen LogP contribution in [0.2, 0.25) is 0 Å². The van der Waals surface area contributed by atoms with Crippen molar-refractivity contribution in [3.63, 3.8) is 0 Å². The number of aryl methyl sites for hydroxylation is 1. The number of esters is 1. The molecular weight excluding hydrogens is 442 g/mol. The molecule has 1 aliphatic rings. The van der Waals surface area contributed by atoms with Gasteiger partial charge in [0.15, 0.2) is 0 Å². The van der Waals surface area contributed by atoms with Crippen LogP contribution in [0.25, 0.3) is 0 Å². The van der Waals surface area contributed by atoms with Crippen LogP contribution in [0.3, 0.4) is 0 Å². The molecule has 0 amide bonds. The van der Waals surface area contributed by atoms with Crippen molar-refractivity contribution < 1.29 is 22.7 Å². The lowest BCUT2D eigenvalue weighted by atomic mass is 9.95. The molecule has 0 fully saturated rings. The second kappa shape index (κ2) is 7.58. The summed E-state index contributed by atoms with van der Waals surface area (Å²) in [6, 6.07) is 4.73. The van der Waals surface area contributed by atoms with Crippen LogP contribution >= 0.6 is 27.3 Å². The van der Waals surface area contributed by atoms with Crippen molar-refractivity contribution in [2.24, 2.45) is 0 Å². The van der Waals surface area contributed by atoms with Crippen LogP contribution in [0.15, 0.2) is 27.6 Å². The first-order chi connectivity index (χ1) is 12.4. The lowest BCUT2D eigenvalue weighted by Gasteiger charge is -2.13. The number of carbonyl (C=O) groups excluding carboxylic acids is 1. The van der Waals surface area contributed by atoms with E-state index in [4.69, 9.17) is 9.47 Å². The summed E-state index contributed by atoms with van der Waals surface area (Å²) in [6.45, 7) is 0. The Morgan fingerprint density at radius 1 is 1.23 bits per heavy atom. The van der Waals surface area contributed by atoms with Gasteiger partial charge in [0.05, 0.1) is 19.8 Å². The van der Waals surface area contributed by atoms with Crippen LogP contribution in [-0.4, -0.2) is 28.6 Å². The molecule has 6 nitrogen and oxygen atoms in total. The van der Waals surface area contributed by atoms with E-state index in [1.165, 1.54) is 31.6 Å². The average Bonchev–Trinajstić information content (AvgIpc) is 2.98. The average molecular weight is 460 g/mol. The van der Waals surface area contributed by atoms with Crippen LogP contribution in [-0.2, 0) is 27.6 Å². The number of rotatable bonds is 5. The van der Waals surface area contributed by atoms with Gasteiger partial charge in [0.1, 0.15) is 15.6 Å². The predicted octanol–water partition coefficient (Wildman–Crippen LogP) is 3.99. The maximum atomic E-state index is 13.0. The first-order valence-corrected chi connectivity index (χ1v) is 11.1. The van der Waals surface area contributed by atoms with Gasteiger partial charge < -0.3 is 9.47 Å². The molecule has 1 heterocycles. The molecule has 0 spiro atoms.